The molecule has 0 unspecified atom stereocenters. The van der Waals surface area contributed by atoms with Crippen molar-refractivity contribution in [2.45, 2.75) is 6.92 Å². The smallest absolute Gasteiger partial charge is 0.329 e. The Hall–Kier alpha value is -2.86. The third-order valence-electron chi connectivity index (χ3n) is 2.87. The largest absolute Gasteiger partial charge is 0.492 e. The van der Waals surface area contributed by atoms with Crippen LogP contribution in [0.25, 0.3) is 0 Å². The number of halogens is 1. The number of carbonyl (C=O) groups is 2. The van der Waals surface area contributed by atoms with E-state index in [0.29, 0.717) is 28.6 Å². The fourth-order valence-electron chi connectivity index (χ4n) is 1.83. The number of rotatable bonds is 5. The van der Waals surface area contributed by atoms with Crippen molar-refractivity contribution < 1.29 is 14.3 Å². The van der Waals surface area contributed by atoms with Crippen molar-refractivity contribution in [3.63, 3.8) is 0 Å². The van der Waals surface area contributed by atoms with Crippen LogP contribution in [-0.4, -0.2) is 24.6 Å². The summed E-state index contributed by atoms with van der Waals surface area (Å²) in [6, 6.07) is 13.8. The summed E-state index contributed by atoms with van der Waals surface area (Å²) in [6.45, 7) is 2.28. The average molecular weight is 346 g/mol. The quantitative estimate of drug-likeness (QED) is 0.497. The summed E-state index contributed by atoms with van der Waals surface area (Å²) in [5, 5.41) is 6.76. The van der Waals surface area contributed by atoms with Crippen LogP contribution < -0.4 is 15.5 Å². The third kappa shape index (κ3) is 5.10. The summed E-state index contributed by atoms with van der Waals surface area (Å²) in [5.41, 5.74) is 3.27. The molecule has 7 heteroatoms. The number of ether oxygens (including phenoxy) is 1. The van der Waals surface area contributed by atoms with E-state index in [9.17, 15) is 9.59 Å². The first-order valence-electron chi connectivity index (χ1n) is 7.22. The second-order valence-electron chi connectivity index (χ2n) is 4.64. The van der Waals surface area contributed by atoms with Gasteiger partial charge in [0.1, 0.15) is 5.75 Å². The highest BCUT2D eigenvalue weighted by Gasteiger charge is 2.15. The topological polar surface area (TPSA) is 79.8 Å². The van der Waals surface area contributed by atoms with Gasteiger partial charge >= 0.3 is 11.8 Å². The summed E-state index contributed by atoms with van der Waals surface area (Å²) in [4.78, 5) is 23.7. The molecule has 0 aliphatic heterocycles. The zero-order valence-electron chi connectivity index (χ0n) is 13.0. The highest BCUT2D eigenvalue weighted by Crippen LogP contribution is 2.23. The van der Waals surface area contributed by atoms with Gasteiger partial charge in [-0.15, -0.1) is 0 Å². The van der Waals surface area contributed by atoms with E-state index in [-0.39, 0.29) is 0 Å². The molecule has 0 atom stereocenters. The zero-order valence-corrected chi connectivity index (χ0v) is 13.7. The first-order valence-corrected chi connectivity index (χ1v) is 7.59. The zero-order chi connectivity index (χ0) is 17.4. The minimum Gasteiger partial charge on any atom is -0.492 e. The predicted molar refractivity (Wildman–Crippen MR) is 93.4 cm³/mol. The van der Waals surface area contributed by atoms with Gasteiger partial charge in [0.2, 0.25) is 0 Å². The Morgan fingerprint density at radius 1 is 1.17 bits per heavy atom. The van der Waals surface area contributed by atoms with E-state index in [1.54, 1.807) is 48.5 Å². The van der Waals surface area contributed by atoms with E-state index >= 15 is 0 Å². The van der Waals surface area contributed by atoms with Gasteiger partial charge in [0.25, 0.3) is 0 Å². The highest BCUT2D eigenvalue weighted by molar-refractivity contribution is 6.39. The molecular formula is C17H16ClN3O3. The maximum absolute atomic E-state index is 11.9. The Morgan fingerprint density at radius 2 is 1.96 bits per heavy atom. The van der Waals surface area contributed by atoms with E-state index in [0.717, 1.165) is 0 Å². The summed E-state index contributed by atoms with van der Waals surface area (Å²) < 4.78 is 5.38. The molecule has 2 aromatic carbocycles. The van der Waals surface area contributed by atoms with Gasteiger partial charge < -0.3 is 10.1 Å². The van der Waals surface area contributed by atoms with Gasteiger partial charge in [-0.3, -0.25) is 9.59 Å². The molecule has 0 spiro atoms. The average Bonchev–Trinajstić information content (AvgIpc) is 2.57. The van der Waals surface area contributed by atoms with Crippen molar-refractivity contribution in [1.29, 1.82) is 0 Å². The Bertz CT molecular complexity index is 762. The standard InChI is InChI=1S/C17H16ClN3O3/c1-2-24-15-9-4-3-8-14(15)20-16(22)17(23)21-19-11-12-6-5-7-13(18)10-12/h3-11H,2H2,1H3,(H,20,22)(H,21,23)/b19-11-. The maximum Gasteiger partial charge on any atom is 0.329 e. The van der Waals surface area contributed by atoms with Gasteiger partial charge in [0.15, 0.2) is 0 Å². The normalized spacial score (nSPS) is 10.4. The van der Waals surface area contributed by atoms with Gasteiger partial charge in [-0.25, -0.2) is 5.43 Å². The Kier molecular flexibility index (Phi) is 6.33. The fraction of sp³-hybridized carbons (Fsp3) is 0.118. The lowest BCUT2D eigenvalue weighted by Crippen LogP contribution is -2.32. The lowest BCUT2D eigenvalue weighted by Gasteiger charge is -2.10. The molecular weight excluding hydrogens is 330 g/mol. The minimum atomic E-state index is -0.889. The summed E-state index contributed by atoms with van der Waals surface area (Å²) in [7, 11) is 0. The predicted octanol–water partition coefficient (Wildman–Crippen LogP) is 2.83. The van der Waals surface area contributed by atoms with Crippen LogP contribution in [0, 0.1) is 0 Å². The van der Waals surface area contributed by atoms with Crippen LogP contribution in [0.15, 0.2) is 53.6 Å². The molecule has 124 valence electrons. The summed E-state index contributed by atoms with van der Waals surface area (Å²) in [5.74, 6) is -1.24. The molecule has 0 saturated heterocycles. The number of benzene rings is 2. The van der Waals surface area contributed by atoms with E-state index < -0.39 is 11.8 Å². The van der Waals surface area contributed by atoms with Crippen molar-refractivity contribution in [1.82, 2.24) is 5.43 Å². The van der Waals surface area contributed by atoms with Crippen LogP contribution in [0.2, 0.25) is 5.02 Å². The second-order valence-corrected chi connectivity index (χ2v) is 5.07. The lowest BCUT2D eigenvalue weighted by atomic mass is 10.2. The highest BCUT2D eigenvalue weighted by atomic mass is 35.5. The van der Waals surface area contributed by atoms with Gasteiger partial charge in [-0.05, 0) is 36.8 Å². The molecule has 0 aromatic heterocycles. The molecule has 24 heavy (non-hydrogen) atoms. The van der Waals surface area contributed by atoms with E-state index in [2.05, 4.69) is 15.8 Å². The first kappa shape index (κ1) is 17.5. The molecule has 0 heterocycles. The Labute approximate surface area is 144 Å². The molecule has 0 bridgehead atoms. The summed E-state index contributed by atoms with van der Waals surface area (Å²) in [6.07, 6.45) is 1.39. The first-order chi connectivity index (χ1) is 11.6. The second kappa shape index (κ2) is 8.69. The molecule has 2 aromatic rings. The Morgan fingerprint density at radius 3 is 2.71 bits per heavy atom. The maximum atomic E-state index is 11.9. The lowest BCUT2D eigenvalue weighted by molar-refractivity contribution is -0.136. The molecule has 0 saturated carbocycles. The summed E-state index contributed by atoms with van der Waals surface area (Å²) >= 11 is 5.84. The van der Waals surface area contributed by atoms with Crippen LogP contribution in [-0.2, 0) is 9.59 Å². The third-order valence-corrected chi connectivity index (χ3v) is 3.10. The van der Waals surface area contributed by atoms with Crippen molar-refractivity contribution in [2.24, 2.45) is 5.10 Å². The van der Waals surface area contributed by atoms with Crippen molar-refractivity contribution in [3.8, 4) is 5.75 Å². The van der Waals surface area contributed by atoms with Crippen LogP contribution in [0.1, 0.15) is 12.5 Å². The molecule has 6 nitrogen and oxygen atoms in total. The number of hydrazone groups is 1. The monoisotopic (exact) mass is 345 g/mol. The number of amides is 2. The number of hydrogen-bond acceptors (Lipinski definition) is 4. The molecule has 2 amide bonds. The van der Waals surface area contributed by atoms with Crippen molar-refractivity contribution in [2.75, 3.05) is 11.9 Å². The van der Waals surface area contributed by atoms with Gasteiger partial charge in [0.05, 0.1) is 18.5 Å². The minimum absolute atomic E-state index is 0.415. The molecule has 0 fully saturated rings. The van der Waals surface area contributed by atoms with Crippen LogP contribution >= 0.6 is 11.6 Å². The molecule has 0 aliphatic carbocycles. The van der Waals surface area contributed by atoms with Crippen LogP contribution in [0.5, 0.6) is 5.75 Å². The number of nitrogens with one attached hydrogen (secondary N) is 2. The number of nitrogens with zero attached hydrogens (tertiary/aromatic N) is 1. The number of carbonyl (C=O) groups excluding carboxylic acids is 2. The van der Waals surface area contributed by atoms with E-state index in [4.69, 9.17) is 16.3 Å². The molecule has 2 rings (SSSR count). The van der Waals surface area contributed by atoms with E-state index in [1.165, 1.54) is 6.21 Å². The van der Waals surface area contributed by atoms with Gasteiger partial charge in [0, 0.05) is 5.02 Å². The van der Waals surface area contributed by atoms with Crippen LogP contribution in [0.4, 0.5) is 5.69 Å². The number of para-hydroxylation sites is 2. The molecule has 0 aliphatic rings. The van der Waals surface area contributed by atoms with Crippen LogP contribution in [0.3, 0.4) is 0 Å². The fourth-order valence-corrected chi connectivity index (χ4v) is 2.03. The number of hydrogen-bond donors (Lipinski definition) is 2. The molecule has 0 radical (unpaired) electrons. The van der Waals surface area contributed by atoms with E-state index in [1.807, 2.05) is 6.92 Å². The SMILES string of the molecule is CCOc1ccccc1NC(=O)C(=O)N/N=C\c1cccc(Cl)c1. The van der Waals surface area contributed by atoms with Gasteiger partial charge in [-0.1, -0.05) is 35.9 Å². The molecule has 2 N–H and O–H groups in total. The Balaban J connectivity index is 1.94. The van der Waals surface area contributed by atoms with Crippen molar-refractivity contribution >= 4 is 35.3 Å². The van der Waals surface area contributed by atoms with Gasteiger partial charge in [-0.2, -0.15) is 5.10 Å². The van der Waals surface area contributed by atoms with Crippen molar-refractivity contribution in [3.05, 3.63) is 59.1 Å². The number of anilines is 1.